The third-order valence-electron chi connectivity index (χ3n) is 2.90. The minimum Gasteiger partial charge on any atom is -0.394 e. The van der Waals surface area contributed by atoms with Crippen LogP contribution in [0.15, 0.2) is 0 Å². The first-order valence-corrected chi connectivity index (χ1v) is 5.14. The summed E-state index contributed by atoms with van der Waals surface area (Å²) in [6.45, 7) is 0.638. The fourth-order valence-electron chi connectivity index (χ4n) is 1.72. The van der Waals surface area contributed by atoms with Gasteiger partial charge in [-0.25, -0.2) is 0 Å². The van der Waals surface area contributed by atoms with E-state index in [-0.39, 0.29) is 6.42 Å². The summed E-state index contributed by atoms with van der Waals surface area (Å²) >= 11 is 0. The van der Waals surface area contributed by atoms with Crippen molar-refractivity contribution in [3.05, 3.63) is 0 Å². The van der Waals surface area contributed by atoms with Crippen molar-refractivity contribution in [1.29, 1.82) is 0 Å². The second kappa shape index (κ2) is 4.58. The summed E-state index contributed by atoms with van der Waals surface area (Å²) in [5, 5.41) is 47.6. The van der Waals surface area contributed by atoms with Gasteiger partial charge in [-0.1, -0.05) is 6.92 Å². The minimum absolute atomic E-state index is 0.211. The summed E-state index contributed by atoms with van der Waals surface area (Å²) < 4.78 is 4.74. The maximum absolute atomic E-state index is 11.5. The second-order valence-electron chi connectivity index (χ2n) is 4.02. The lowest BCUT2D eigenvalue weighted by Gasteiger charge is -2.49. The molecule has 0 spiro atoms. The van der Waals surface area contributed by atoms with E-state index in [0.717, 1.165) is 0 Å². The van der Waals surface area contributed by atoms with Crippen molar-refractivity contribution in [2.75, 3.05) is 6.61 Å². The van der Waals surface area contributed by atoms with Crippen molar-refractivity contribution in [2.45, 2.75) is 43.2 Å². The largest absolute Gasteiger partial charge is 0.394 e. The highest BCUT2D eigenvalue weighted by molar-refractivity contribution is 5.87. The molecule has 0 bridgehead atoms. The van der Waals surface area contributed by atoms with Crippen molar-refractivity contribution in [2.24, 2.45) is 5.73 Å². The zero-order chi connectivity index (χ0) is 13.4. The van der Waals surface area contributed by atoms with Gasteiger partial charge >= 0.3 is 0 Å². The van der Waals surface area contributed by atoms with Crippen LogP contribution in [0.3, 0.4) is 0 Å². The van der Waals surface area contributed by atoms with Crippen molar-refractivity contribution in [3.8, 4) is 0 Å². The summed E-state index contributed by atoms with van der Waals surface area (Å²) in [5.41, 5.74) is 2.40. The van der Waals surface area contributed by atoms with Gasteiger partial charge < -0.3 is 30.3 Å². The molecule has 1 saturated heterocycles. The summed E-state index contributed by atoms with van der Waals surface area (Å²) in [6.07, 6.45) is -5.39. The molecule has 1 aliphatic heterocycles. The number of hydrogen-bond donors (Lipinski definition) is 6. The molecule has 1 aliphatic rings. The predicted octanol–water partition coefficient (Wildman–Crippen LogP) is -3.59. The monoisotopic (exact) mass is 251 g/mol. The Hall–Kier alpha value is -0.610. The number of carbonyl (C=O) groups is 1. The average molecular weight is 251 g/mol. The van der Waals surface area contributed by atoms with E-state index in [1.807, 2.05) is 0 Å². The van der Waals surface area contributed by atoms with Crippen LogP contribution in [0.2, 0.25) is 0 Å². The fraction of sp³-hybridized carbons (Fsp3) is 0.889. The normalized spacial score (nSPS) is 46.9. The Labute approximate surface area is 97.2 Å². The van der Waals surface area contributed by atoms with E-state index in [4.69, 9.17) is 15.6 Å². The fourth-order valence-corrected chi connectivity index (χ4v) is 1.72. The molecule has 0 radical (unpaired) electrons. The van der Waals surface area contributed by atoms with Crippen LogP contribution in [0.25, 0.3) is 0 Å². The minimum atomic E-state index is -2.87. The Morgan fingerprint density at radius 3 is 2.35 bits per heavy atom. The molecule has 17 heavy (non-hydrogen) atoms. The number of hydrogen-bond acceptors (Lipinski definition) is 8. The Morgan fingerprint density at radius 2 is 1.94 bits per heavy atom. The first-order valence-electron chi connectivity index (χ1n) is 5.14. The molecule has 100 valence electrons. The number of carbonyl (C=O) groups excluding carboxylic acids is 1. The van der Waals surface area contributed by atoms with Gasteiger partial charge in [0, 0.05) is 6.42 Å². The molecular formula is C9H17NO7. The molecule has 1 heterocycles. The average Bonchev–Trinajstić information content (AvgIpc) is 2.30. The maximum Gasteiger partial charge on any atom is 0.273 e. The number of rotatable bonds is 3. The van der Waals surface area contributed by atoms with Gasteiger partial charge in [-0.3, -0.25) is 10.5 Å². The molecule has 0 aromatic heterocycles. The molecule has 0 aliphatic carbocycles. The quantitative estimate of drug-likeness (QED) is 0.281. The summed E-state index contributed by atoms with van der Waals surface area (Å²) in [5.74, 6) is -3.83. The van der Waals surface area contributed by atoms with Crippen LogP contribution in [0, 0.1) is 0 Å². The number of aliphatic hydroxyl groups is 5. The summed E-state index contributed by atoms with van der Waals surface area (Å²) in [6, 6.07) is 0. The van der Waals surface area contributed by atoms with Gasteiger partial charge in [0.1, 0.15) is 18.3 Å². The summed E-state index contributed by atoms with van der Waals surface area (Å²) in [4.78, 5) is 11.5. The highest BCUT2D eigenvalue weighted by Gasteiger charge is 2.64. The summed E-state index contributed by atoms with van der Waals surface area (Å²) in [7, 11) is 0. The van der Waals surface area contributed by atoms with Gasteiger partial charge in [0.25, 0.3) is 5.79 Å². The standard InChI is InChI=1S/C9H17NO7/c1-2-5(12)9(16)8(10,15)7(14)6(13)4(3-11)17-9/h4,6-7,11,13-16H,2-3,10H2,1H3. The van der Waals surface area contributed by atoms with Crippen molar-refractivity contribution >= 4 is 5.78 Å². The SMILES string of the molecule is CCC(=O)C1(O)OC(CO)C(O)C(O)C1(N)O. The molecule has 5 atom stereocenters. The molecule has 5 unspecified atom stereocenters. The highest BCUT2D eigenvalue weighted by atomic mass is 16.7. The van der Waals surface area contributed by atoms with E-state index in [0.29, 0.717) is 0 Å². The molecule has 0 saturated carbocycles. The molecule has 7 N–H and O–H groups in total. The van der Waals surface area contributed by atoms with Crippen LogP contribution in [-0.4, -0.2) is 67.7 Å². The molecule has 1 rings (SSSR count). The number of ketones is 1. The molecule has 8 nitrogen and oxygen atoms in total. The lowest BCUT2D eigenvalue weighted by molar-refractivity contribution is -0.368. The predicted molar refractivity (Wildman–Crippen MR) is 53.4 cm³/mol. The van der Waals surface area contributed by atoms with Crippen LogP contribution in [0.1, 0.15) is 13.3 Å². The van der Waals surface area contributed by atoms with Crippen LogP contribution in [-0.2, 0) is 9.53 Å². The zero-order valence-corrected chi connectivity index (χ0v) is 9.28. The van der Waals surface area contributed by atoms with Gasteiger partial charge in [0.2, 0.25) is 5.72 Å². The first kappa shape index (κ1) is 14.5. The molecule has 1 fully saturated rings. The first-order chi connectivity index (χ1) is 7.72. The van der Waals surface area contributed by atoms with Crippen molar-refractivity contribution in [3.63, 3.8) is 0 Å². The number of aliphatic hydroxyl groups excluding tert-OH is 3. The Morgan fingerprint density at radius 1 is 1.41 bits per heavy atom. The van der Waals surface area contributed by atoms with Crippen LogP contribution < -0.4 is 5.73 Å². The number of nitrogens with two attached hydrogens (primary N) is 1. The topological polar surface area (TPSA) is 153 Å². The van der Waals surface area contributed by atoms with E-state index >= 15 is 0 Å². The number of Topliss-reactive ketones (excluding diaryl/α,β-unsaturated/α-hetero) is 1. The third kappa shape index (κ3) is 1.97. The maximum atomic E-state index is 11.5. The highest BCUT2D eigenvalue weighted by Crippen LogP contribution is 2.34. The van der Waals surface area contributed by atoms with Crippen molar-refractivity contribution in [1.82, 2.24) is 0 Å². The van der Waals surface area contributed by atoms with E-state index in [1.54, 1.807) is 0 Å². The van der Waals surface area contributed by atoms with Crippen molar-refractivity contribution < 1.29 is 35.1 Å². The van der Waals surface area contributed by atoms with Gasteiger partial charge in [0.15, 0.2) is 5.78 Å². The molecule has 0 aromatic carbocycles. The molecule has 0 aromatic rings. The van der Waals surface area contributed by atoms with Gasteiger partial charge in [0.05, 0.1) is 6.61 Å². The van der Waals surface area contributed by atoms with E-state index in [2.05, 4.69) is 0 Å². The lowest BCUT2D eigenvalue weighted by Crippen LogP contribution is -2.79. The molecule has 8 heteroatoms. The Kier molecular flexibility index (Phi) is 3.89. The third-order valence-corrected chi connectivity index (χ3v) is 2.90. The van der Waals surface area contributed by atoms with E-state index in [9.17, 15) is 25.2 Å². The molecular weight excluding hydrogens is 234 g/mol. The lowest BCUT2D eigenvalue weighted by atomic mass is 9.84. The zero-order valence-electron chi connectivity index (χ0n) is 9.28. The van der Waals surface area contributed by atoms with Gasteiger partial charge in [-0.15, -0.1) is 0 Å². The van der Waals surface area contributed by atoms with Gasteiger partial charge in [-0.2, -0.15) is 0 Å². The van der Waals surface area contributed by atoms with E-state index < -0.39 is 42.2 Å². The van der Waals surface area contributed by atoms with Gasteiger partial charge in [-0.05, 0) is 0 Å². The van der Waals surface area contributed by atoms with Crippen LogP contribution in [0.4, 0.5) is 0 Å². The smallest absolute Gasteiger partial charge is 0.273 e. The molecule has 0 amide bonds. The number of ether oxygens (including phenoxy) is 1. The van der Waals surface area contributed by atoms with E-state index in [1.165, 1.54) is 6.92 Å². The Balaban J connectivity index is 3.16. The second-order valence-corrected chi connectivity index (χ2v) is 4.02. The van der Waals surface area contributed by atoms with Crippen LogP contribution >= 0.6 is 0 Å². The van der Waals surface area contributed by atoms with Crippen LogP contribution in [0.5, 0.6) is 0 Å². The Bertz CT molecular complexity index is 308.